The molecule has 0 saturated carbocycles. The van der Waals surface area contributed by atoms with Crippen LogP contribution in [0.15, 0.2) is 22.7 Å². The molecule has 6 heteroatoms. The van der Waals surface area contributed by atoms with E-state index in [4.69, 9.17) is 9.15 Å². The number of aryl methyl sites for hydroxylation is 2. The Balaban J connectivity index is 1.52. The van der Waals surface area contributed by atoms with E-state index in [1.165, 1.54) is 0 Å². The Morgan fingerprint density at radius 1 is 1.23 bits per heavy atom. The highest BCUT2D eigenvalue weighted by molar-refractivity contribution is 5.16. The Kier molecular flexibility index (Phi) is 4.38. The number of hydrogen-bond donors (Lipinski definition) is 0. The van der Waals surface area contributed by atoms with Crippen LogP contribution in [0, 0.1) is 13.8 Å². The van der Waals surface area contributed by atoms with Gasteiger partial charge in [0.05, 0.1) is 6.04 Å². The lowest BCUT2D eigenvalue weighted by Crippen LogP contribution is -2.39. The molecule has 1 atom stereocenters. The lowest BCUT2D eigenvalue weighted by Gasteiger charge is -2.34. The number of aromatic nitrogens is 3. The van der Waals surface area contributed by atoms with Crippen molar-refractivity contribution < 1.29 is 9.15 Å². The Labute approximate surface area is 130 Å². The lowest BCUT2D eigenvalue weighted by atomic mass is 10.1. The molecule has 0 bridgehead atoms. The van der Waals surface area contributed by atoms with Gasteiger partial charge in [0.15, 0.2) is 0 Å². The number of piperidine rings is 1. The molecule has 2 aromatic heterocycles. The predicted octanol–water partition coefficient (Wildman–Crippen LogP) is 2.69. The topological polar surface area (TPSA) is 64.3 Å². The molecule has 0 radical (unpaired) electrons. The summed E-state index contributed by atoms with van der Waals surface area (Å²) < 4.78 is 11.5. The zero-order chi connectivity index (χ0) is 15.5. The third-order valence-corrected chi connectivity index (χ3v) is 4.09. The van der Waals surface area contributed by atoms with E-state index < -0.39 is 0 Å². The number of nitrogens with zero attached hydrogens (tertiary/aromatic N) is 4. The van der Waals surface area contributed by atoms with Crippen LogP contribution >= 0.6 is 0 Å². The van der Waals surface area contributed by atoms with E-state index in [-0.39, 0.29) is 12.1 Å². The van der Waals surface area contributed by atoms with Gasteiger partial charge in [0.2, 0.25) is 17.7 Å². The van der Waals surface area contributed by atoms with E-state index in [1.54, 1.807) is 0 Å². The maximum Gasteiger partial charge on any atom is 0.233 e. The van der Waals surface area contributed by atoms with Crippen LogP contribution in [0.1, 0.15) is 43.2 Å². The van der Waals surface area contributed by atoms with E-state index in [1.807, 2.05) is 32.2 Å². The predicted molar refractivity (Wildman–Crippen MR) is 81.6 cm³/mol. The summed E-state index contributed by atoms with van der Waals surface area (Å²) in [5.74, 6) is 2.02. The largest absolute Gasteiger partial charge is 0.474 e. The molecule has 0 aliphatic carbocycles. The van der Waals surface area contributed by atoms with Gasteiger partial charge in [-0.15, -0.1) is 10.2 Å². The summed E-state index contributed by atoms with van der Waals surface area (Å²) in [5.41, 5.74) is 1.14. The molecule has 6 nitrogen and oxygen atoms in total. The second kappa shape index (κ2) is 6.44. The van der Waals surface area contributed by atoms with Gasteiger partial charge in [-0.25, -0.2) is 4.98 Å². The maximum absolute atomic E-state index is 5.96. The van der Waals surface area contributed by atoms with Gasteiger partial charge in [0.25, 0.3) is 0 Å². The van der Waals surface area contributed by atoms with Crippen molar-refractivity contribution in [1.29, 1.82) is 0 Å². The Hall–Kier alpha value is -1.95. The van der Waals surface area contributed by atoms with Crippen molar-refractivity contribution in [3.8, 4) is 5.88 Å². The van der Waals surface area contributed by atoms with Crippen LogP contribution < -0.4 is 4.74 Å². The molecule has 118 valence electrons. The summed E-state index contributed by atoms with van der Waals surface area (Å²) in [6.07, 6.45) is 4.02. The van der Waals surface area contributed by atoms with Crippen molar-refractivity contribution in [3.63, 3.8) is 0 Å². The third-order valence-electron chi connectivity index (χ3n) is 4.09. The summed E-state index contributed by atoms with van der Waals surface area (Å²) in [6.45, 7) is 7.86. The van der Waals surface area contributed by atoms with Crippen molar-refractivity contribution in [2.45, 2.75) is 45.8 Å². The van der Waals surface area contributed by atoms with Crippen LogP contribution in [-0.2, 0) is 0 Å². The summed E-state index contributed by atoms with van der Waals surface area (Å²) >= 11 is 0. The molecule has 22 heavy (non-hydrogen) atoms. The average Bonchev–Trinajstić information content (AvgIpc) is 2.96. The molecular formula is C16H22N4O2. The van der Waals surface area contributed by atoms with Crippen LogP contribution in [0.5, 0.6) is 5.88 Å². The Morgan fingerprint density at radius 2 is 2.00 bits per heavy atom. The molecule has 1 saturated heterocycles. The SMILES string of the molecule is Cc1ccc(OC2CCN(C(C)c3nnc(C)o3)CC2)nc1. The normalized spacial score (nSPS) is 18.3. The van der Waals surface area contributed by atoms with E-state index in [9.17, 15) is 0 Å². The monoisotopic (exact) mass is 302 g/mol. The van der Waals surface area contributed by atoms with Crippen molar-refractivity contribution in [2.75, 3.05) is 13.1 Å². The van der Waals surface area contributed by atoms with E-state index in [2.05, 4.69) is 27.0 Å². The highest BCUT2D eigenvalue weighted by atomic mass is 16.5. The molecule has 1 aliphatic rings. The van der Waals surface area contributed by atoms with Crippen LogP contribution in [0.2, 0.25) is 0 Å². The number of hydrogen-bond acceptors (Lipinski definition) is 6. The molecule has 0 N–H and O–H groups in total. The summed E-state index contributed by atoms with van der Waals surface area (Å²) in [5, 5.41) is 8.02. The first-order valence-corrected chi connectivity index (χ1v) is 7.75. The number of pyridine rings is 1. The van der Waals surface area contributed by atoms with Crippen molar-refractivity contribution >= 4 is 0 Å². The lowest BCUT2D eigenvalue weighted by molar-refractivity contribution is 0.0692. The van der Waals surface area contributed by atoms with E-state index in [0.717, 1.165) is 31.5 Å². The van der Waals surface area contributed by atoms with Gasteiger partial charge < -0.3 is 9.15 Å². The van der Waals surface area contributed by atoms with Crippen molar-refractivity contribution in [3.05, 3.63) is 35.7 Å². The fraction of sp³-hybridized carbons (Fsp3) is 0.562. The molecule has 0 spiro atoms. The zero-order valence-corrected chi connectivity index (χ0v) is 13.3. The van der Waals surface area contributed by atoms with Crippen molar-refractivity contribution in [1.82, 2.24) is 20.1 Å². The Morgan fingerprint density at radius 3 is 2.59 bits per heavy atom. The van der Waals surface area contributed by atoms with Crippen LogP contribution in [0.3, 0.4) is 0 Å². The minimum atomic E-state index is 0.152. The molecule has 1 aliphatic heterocycles. The minimum Gasteiger partial charge on any atom is -0.474 e. The minimum absolute atomic E-state index is 0.152. The number of likely N-dealkylation sites (tertiary alicyclic amines) is 1. The standard InChI is InChI=1S/C16H22N4O2/c1-11-4-5-15(17-10-11)22-14-6-8-20(9-7-14)12(2)16-19-18-13(3)21-16/h4-5,10,12,14H,6-9H2,1-3H3. The van der Waals surface area contributed by atoms with Gasteiger partial charge in [-0.2, -0.15) is 0 Å². The number of rotatable bonds is 4. The molecular weight excluding hydrogens is 280 g/mol. The van der Waals surface area contributed by atoms with Gasteiger partial charge in [-0.05, 0) is 32.3 Å². The fourth-order valence-corrected chi connectivity index (χ4v) is 2.71. The molecule has 1 fully saturated rings. The van der Waals surface area contributed by atoms with Gasteiger partial charge in [-0.3, -0.25) is 4.90 Å². The van der Waals surface area contributed by atoms with E-state index >= 15 is 0 Å². The quantitative estimate of drug-likeness (QED) is 0.865. The maximum atomic E-state index is 5.96. The second-order valence-corrected chi connectivity index (χ2v) is 5.86. The summed E-state index contributed by atoms with van der Waals surface area (Å²) in [4.78, 5) is 6.66. The fourth-order valence-electron chi connectivity index (χ4n) is 2.71. The molecule has 3 rings (SSSR count). The molecule has 0 amide bonds. The van der Waals surface area contributed by atoms with E-state index in [0.29, 0.717) is 17.7 Å². The zero-order valence-electron chi connectivity index (χ0n) is 13.3. The number of ether oxygens (including phenoxy) is 1. The highest BCUT2D eigenvalue weighted by Crippen LogP contribution is 2.25. The van der Waals surface area contributed by atoms with Gasteiger partial charge >= 0.3 is 0 Å². The van der Waals surface area contributed by atoms with Crippen LogP contribution in [0.25, 0.3) is 0 Å². The van der Waals surface area contributed by atoms with Gasteiger partial charge in [0, 0.05) is 32.3 Å². The summed E-state index contributed by atoms with van der Waals surface area (Å²) in [6, 6.07) is 4.11. The smallest absolute Gasteiger partial charge is 0.233 e. The first kappa shape index (κ1) is 15.0. The highest BCUT2D eigenvalue weighted by Gasteiger charge is 2.27. The van der Waals surface area contributed by atoms with Crippen LogP contribution in [-0.4, -0.2) is 39.3 Å². The summed E-state index contributed by atoms with van der Waals surface area (Å²) in [7, 11) is 0. The average molecular weight is 302 g/mol. The first-order chi connectivity index (χ1) is 10.6. The third kappa shape index (κ3) is 3.44. The first-order valence-electron chi connectivity index (χ1n) is 7.75. The van der Waals surface area contributed by atoms with Crippen LogP contribution in [0.4, 0.5) is 0 Å². The second-order valence-electron chi connectivity index (χ2n) is 5.86. The molecule has 2 aromatic rings. The molecule has 1 unspecified atom stereocenters. The Bertz CT molecular complexity index is 603. The molecule has 0 aromatic carbocycles. The van der Waals surface area contributed by atoms with Crippen molar-refractivity contribution in [2.24, 2.45) is 0 Å². The van der Waals surface area contributed by atoms with Gasteiger partial charge in [0.1, 0.15) is 6.10 Å². The van der Waals surface area contributed by atoms with Gasteiger partial charge in [-0.1, -0.05) is 6.07 Å². The molecule has 3 heterocycles.